The summed E-state index contributed by atoms with van der Waals surface area (Å²) in [5.74, 6) is 0.357. The van der Waals surface area contributed by atoms with E-state index in [1.165, 1.54) is 4.88 Å². The minimum absolute atomic E-state index is 0.357. The summed E-state index contributed by atoms with van der Waals surface area (Å²) in [6.45, 7) is 1.25. The third kappa shape index (κ3) is 3.18. The Morgan fingerprint density at radius 2 is 2.26 bits per heavy atom. The highest BCUT2D eigenvalue weighted by Gasteiger charge is 2.21. The highest BCUT2D eigenvalue weighted by atomic mass is 32.1. The van der Waals surface area contributed by atoms with Gasteiger partial charge in [-0.1, -0.05) is 12.1 Å². The number of thiophene rings is 1. The van der Waals surface area contributed by atoms with Crippen LogP contribution >= 0.6 is 11.3 Å². The molecule has 23 heavy (non-hydrogen) atoms. The highest BCUT2D eigenvalue weighted by molar-refractivity contribution is 7.13. The van der Waals surface area contributed by atoms with Crippen molar-refractivity contribution in [1.82, 2.24) is 5.32 Å². The molecule has 5 nitrogen and oxygen atoms in total. The number of benzene rings is 1. The second-order valence-electron chi connectivity index (χ2n) is 5.09. The number of hydrogen-bond donors (Lipinski definition) is 3. The molecule has 0 saturated carbocycles. The van der Waals surface area contributed by atoms with Gasteiger partial charge in [0.1, 0.15) is 5.84 Å². The molecule has 0 bridgehead atoms. The van der Waals surface area contributed by atoms with Gasteiger partial charge in [-0.25, -0.2) is 4.99 Å². The summed E-state index contributed by atoms with van der Waals surface area (Å²) in [7, 11) is 1.65. The molecule has 0 saturated heterocycles. The van der Waals surface area contributed by atoms with E-state index in [4.69, 9.17) is 15.9 Å². The van der Waals surface area contributed by atoms with E-state index in [-0.39, 0.29) is 0 Å². The predicted molar refractivity (Wildman–Crippen MR) is 95.8 cm³/mol. The Bertz CT molecular complexity index is 778. The van der Waals surface area contributed by atoms with Gasteiger partial charge in [0.2, 0.25) is 0 Å². The second kappa shape index (κ2) is 6.76. The fourth-order valence-corrected chi connectivity index (χ4v) is 3.10. The largest absolute Gasteiger partial charge is 0.388 e. The van der Waals surface area contributed by atoms with Crippen LogP contribution in [-0.4, -0.2) is 31.8 Å². The van der Waals surface area contributed by atoms with Crippen LogP contribution in [0, 0.1) is 5.41 Å². The fourth-order valence-electron chi connectivity index (χ4n) is 2.38. The summed E-state index contributed by atoms with van der Waals surface area (Å²) >= 11 is 1.68. The number of methoxy groups -OCH3 is 1. The minimum atomic E-state index is 0.357. The van der Waals surface area contributed by atoms with Crippen LogP contribution in [0.4, 0.5) is 5.69 Å². The number of nitrogens with zero attached hydrogens (tertiary/aromatic N) is 1. The molecule has 0 atom stereocenters. The zero-order valence-electron chi connectivity index (χ0n) is 12.8. The van der Waals surface area contributed by atoms with E-state index in [9.17, 15) is 0 Å². The van der Waals surface area contributed by atoms with Gasteiger partial charge in [0.05, 0.1) is 23.6 Å². The van der Waals surface area contributed by atoms with Crippen molar-refractivity contribution in [3.05, 3.63) is 53.0 Å². The maximum absolute atomic E-state index is 8.39. The molecule has 0 unspecified atom stereocenters. The standard InChI is InChI=1S/C17H18N4OS/c1-22-7-6-20-10-13-16(18)12-5-4-11(15-3-2-8-23-15)9-14(12)21-17(13)19/h2-5,8-10,18,20H,6-7H2,1H3,(H2,19,21)/b13-10+,18-16?. The minimum Gasteiger partial charge on any atom is -0.388 e. The first-order chi connectivity index (χ1) is 11.2. The molecule has 0 radical (unpaired) electrons. The molecule has 1 aromatic carbocycles. The molecule has 4 N–H and O–H groups in total. The predicted octanol–water partition coefficient (Wildman–Crippen LogP) is 2.91. The Kier molecular flexibility index (Phi) is 4.55. The van der Waals surface area contributed by atoms with Gasteiger partial charge >= 0.3 is 0 Å². The van der Waals surface area contributed by atoms with Crippen LogP contribution in [-0.2, 0) is 4.74 Å². The van der Waals surface area contributed by atoms with Crippen LogP contribution in [0.15, 0.2) is 52.5 Å². The fraction of sp³-hybridized carbons (Fsp3) is 0.176. The topological polar surface area (TPSA) is 83.5 Å². The first kappa shape index (κ1) is 15.5. The van der Waals surface area contributed by atoms with Crippen molar-refractivity contribution in [2.45, 2.75) is 0 Å². The molecule has 1 aromatic heterocycles. The maximum atomic E-state index is 8.39. The number of amidine groups is 1. The monoisotopic (exact) mass is 326 g/mol. The van der Waals surface area contributed by atoms with E-state index < -0.39 is 0 Å². The summed E-state index contributed by atoms with van der Waals surface area (Å²) < 4.78 is 4.98. The van der Waals surface area contributed by atoms with Gasteiger partial charge in [-0.3, -0.25) is 5.41 Å². The molecule has 0 aliphatic carbocycles. The Morgan fingerprint density at radius 1 is 1.39 bits per heavy atom. The molecule has 6 heteroatoms. The van der Waals surface area contributed by atoms with Crippen molar-refractivity contribution < 1.29 is 4.74 Å². The highest BCUT2D eigenvalue weighted by Crippen LogP contribution is 2.33. The van der Waals surface area contributed by atoms with Crippen molar-refractivity contribution in [3.63, 3.8) is 0 Å². The number of nitrogens with two attached hydrogens (primary N) is 1. The quantitative estimate of drug-likeness (QED) is 0.739. The first-order valence-corrected chi connectivity index (χ1v) is 8.13. The summed E-state index contributed by atoms with van der Waals surface area (Å²) in [4.78, 5) is 5.64. The van der Waals surface area contributed by atoms with E-state index in [0.29, 0.717) is 30.3 Å². The average molecular weight is 326 g/mol. The molecule has 0 spiro atoms. The summed E-state index contributed by atoms with van der Waals surface area (Å²) in [5, 5.41) is 13.5. The van der Waals surface area contributed by atoms with Crippen LogP contribution in [0.25, 0.3) is 10.4 Å². The number of rotatable bonds is 5. The number of ether oxygens (including phenoxy) is 1. The lowest BCUT2D eigenvalue weighted by atomic mass is 9.96. The van der Waals surface area contributed by atoms with E-state index in [2.05, 4.69) is 16.4 Å². The third-order valence-corrected chi connectivity index (χ3v) is 4.47. The van der Waals surface area contributed by atoms with Gasteiger partial charge in [-0.15, -0.1) is 11.3 Å². The molecule has 3 rings (SSSR count). The molecular weight excluding hydrogens is 308 g/mol. The number of hydrogen-bond acceptors (Lipinski definition) is 6. The molecule has 0 fully saturated rings. The van der Waals surface area contributed by atoms with Crippen molar-refractivity contribution in [2.24, 2.45) is 10.7 Å². The van der Waals surface area contributed by atoms with Crippen LogP contribution in [0.5, 0.6) is 0 Å². The summed E-state index contributed by atoms with van der Waals surface area (Å²) in [6.07, 6.45) is 1.73. The van der Waals surface area contributed by atoms with Gasteiger partial charge in [0, 0.05) is 30.3 Å². The van der Waals surface area contributed by atoms with Crippen LogP contribution in [0.3, 0.4) is 0 Å². The lowest BCUT2D eigenvalue weighted by Crippen LogP contribution is -2.27. The zero-order chi connectivity index (χ0) is 16.2. The molecule has 118 valence electrons. The van der Waals surface area contributed by atoms with E-state index in [0.717, 1.165) is 16.8 Å². The molecule has 1 aliphatic rings. The average Bonchev–Trinajstić information content (AvgIpc) is 3.08. The lowest BCUT2D eigenvalue weighted by Gasteiger charge is -2.18. The van der Waals surface area contributed by atoms with Gasteiger partial charge in [-0.05, 0) is 29.1 Å². The molecular formula is C17H18N4OS. The molecule has 0 amide bonds. The first-order valence-electron chi connectivity index (χ1n) is 7.25. The van der Waals surface area contributed by atoms with E-state index in [1.807, 2.05) is 29.6 Å². The normalized spacial score (nSPS) is 15.4. The van der Waals surface area contributed by atoms with Gasteiger partial charge in [0.15, 0.2) is 0 Å². The Balaban J connectivity index is 1.90. The van der Waals surface area contributed by atoms with Gasteiger partial charge in [-0.2, -0.15) is 0 Å². The smallest absolute Gasteiger partial charge is 0.135 e. The van der Waals surface area contributed by atoms with Gasteiger partial charge in [0.25, 0.3) is 0 Å². The SMILES string of the molecule is COCCN/C=C1\C(=N)c2ccc(-c3cccs3)cc2N=C1N. The maximum Gasteiger partial charge on any atom is 0.135 e. The van der Waals surface area contributed by atoms with Crippen molar-refractivity contribution >= 4 is 28.6 Å². The van der Waals surface area contributed by atoms with Crippen LogP contribution in [0.1, 0.15) is 5.56 Å². The van der Waals surface area contributed by atoms with Crippen molar-refractivity contribution in [2.75, 3.05) is 20.3 Å². The van der Waals surface area contributed by atoms with Crippen molar-refractivity contribution in [3.8, 4) is 10.4 Å². The second-order valence-corrected chi connectivity index (χ2v) is 6.03. The number of nitrogens with one attached hydrogen (secondary N) is 2. The summed E-state index contributed by atoms with van der Waals surface area (Å²) in [6, 6.07) is 10.0. The molecule has 2 heterocycles. The zero-order valence-corrected chi connectivity index (χ0v) is 13.6. The van der Waals surface area contributed by atoms with Crippen molar-refractivity contribution in [1.29, 1.82) is 5.41 Å². The van der Waals surface area contributed by atoms with Gasteiger partial charge < -0.3 is 15.8 Å². The molecule has 2 aromatic rings. The summed E-state index contributed by atoms with van der Waals surface area (Å²) in [5.41, 5.74) is 9.66. The Labute approximate surface area is 139 Å². The number of fused-ring (bicyclic) bond motifs is 1. The van der Waals surface area contributed by atoms with E-state index in [1.54, 1.807) is 24.6 Å². The Morgan fingerprint density at radius 3 is 3.00 bits per heavy atom. The molecule has 1 aliphatic heterocycles. The van der Waals surface area contributed by atoms with Crippen LogP contribution in [0.2, 0.25) is 0 Å². The Hall–Kier alpha value is -2.44. The third-order valence-electron chi connectivity index (χ3n) is 3.56. The lowest BCUT2D eigenvalue weighted by molar-refractivity contribution is 0.203. The van der Waals surface area contributed by atoms with E-state index >= 15 is 0 Å². The van der Waals surface area contributed by atoms with Crippen LogP contribution < -0.4 is 11.1 Å². The number of aliphatic imine (C=N–C) groups is 1.